The third-order valence-electron chi connectivity index (χ3n) is 4.76. The third kappa shape index (κ3) is 6.05. The number of carbonyl (C=O) groups excluding carboxylic acids is 2. The molecule has 0 saturated carbocycles. The molecule has 8 heteroatoms. The van der Waals surface area contributed by atoms with Crippen molar-refractivity contribution >= 4 is 17.6 Å². The molecule has 3 rings (SSSR count). The number of aliphatic hydroxyl groups excluding tert-OH is 1. The van der Waals surface area contributed by atoms with Gasteiger partial charge < -0.3 is 25.8 Å². The van der Waals surface area contributed by atoms with E-state index in [2.05, 4.69) is 20.9 Å². The molecule has 1 heterocycles. The Morgan fingerprint density at radius 3 is 2.66 bits per heavy atom. The van der Waals surface area contributed by atoms with Crippen molar-refractivity contribution in [1.29, 1.82) is 0 Å². The van der Waals surface area contributed by atoms with Gasteiger partial charge in [-0.1, -0.05) is 30.3 Å². The molecule has 166 valence electrons. The van der Waals surface area contributed by atoms with Crippen molar-refractivity contribution in [2.24, 2.45) is 0 Å². The first-order chi connectivity index (χ1) is 15.5. The molecule has 0 spiro atoms. The lowest BCUT2D eigenvalue weighted by atomic mass is 10.1. The van der Waals surface area contributed by atoms with E-state index >= 15 is 0 Å². The van der Waals surface area contributed by atoms with Crippen molar-refractivity contribution in [2.45, 2.75) is 19.9 Å². The maximum Gasteiger partial charge on any atom is 0.319 e. The molecule has 0 aliphatic carbocycles. The molecular formula is C24H26N4O4. The summed E-state index contributed by atoms with van der Waals surface area (Å²) in [5, 5.41) is 17.3. The van der Waals surface area contributed by atoms with E-state index in [0.29, 0.717) is 30.2 Å². The van der Waals surface area contributed by atoms with Crippen LogP contribution in [0.2, 0.25) is 0 Å². The Morgan fingerprint density at radius 2 is 1.91 bits per heavy atom. The van der Waals surface area contributed by atoms with Crippen molar-refractivity contribution in [3.63, 3.8) is 0 Å². The fraction of sp³-hybridized carbons (Fsp3) is 0.208. The van der Waals surface area contributed by atoms with Crippen LogP contribution < -0.4 is 20.7 Å². The molecule has 0 atom stereocenters. The molecule has 3 amide bonds. The highest BCUT2D eigenvalue weighted by Crippen LogP contribution is 2.26. The van der Waals surface area contributed by atoms with Gasteiger partial charge in [-0.2, -0.15) is 0 Å². The summed E-state index contributed by atoms with van der Waals surface area (Å²) in [4.78, 5) is 28.1. The van der Waals surface area contributed by atoms with Gasteiger partial charge in [0, 0.05) is 38.1 Å². The summed E-state index contributed by atoms with van der Waals surface area (Å²) in [6, 6.07) is 15.9. The first-order valence-electron chi connectivity index (χ1n) is 10.2. The Balaban J connectivity index is 1.60. The van der Waals surface area contributed by atoms with Crippen molar-refractivity contribution in [2.75, 3.05) is 19.0 Å². The van der Waals surface area contributed by atoms with Crippen molar-refractivity contribution in [1.82, 2.24) is 15.6 Å². The van der Waals surface area contributed by atoms with E-state index in [-0.39, 0.29) is 24.2 Å². The minimum Gasteiger partial charge on any atom is -0.457 e. The van der Waals surface area contributed by atoms with E-state index < -0.39 is 0 Å². The molecule has 0 aliphatic rings. The number of nitrogens with one attached hydrogen (secondary N) is 3. The molecule has 1 aromatic heterocycles. The van der Waals surface area contributed by atoms with Gasteiger partial charge in [0.25, 0.3) is 5.91 Å². The van der Waals surface area contributed by atoms with E-state index in [0.717, 1.165) is 16.7 Å². The number of aromatic nitrogens is 1. The Labute approximate surface area is 186 Å². The largest absolute Gasteiger partial charge is 0.457 e. The zero-order chi connectivity index (χ0) is 22.9. The number of hydrogen-bond acceptors (Lipinski definition) is 5. The number of amides is 3. The second-order valence-corrected chi connectivity index (χ2v) is 7.10. The van der Waals surface area contributed by atoms with Gasteiger partial charge in [0.15, 0.2) is 0 Å². The Hall–Kier alpha value is -3.91. The van der Waals surface area contributed by atoms with Gasteiger partial charge in [-0.15, -0.1) is 0 Å². The van der Waals surface area contributed by atoms with Crippen LogP contribution in [0.15, 0.2) is 60.8 Å². The molecule has 0 aliphatic heterocycles. The lowest BCUT2D eigenvalue weighted by Gasteiger charge is -2.13. The number of hydrogen-bond donors (Lipinski definition) is 4. The van der Waals surface area contributed by atoms with E-state index in [4.69, 9.17) is 9.84 Å². The predicted molar refractivity (Wildman–Crippen MR) is 122 cm³/mol. The third-order valence-corrected chi connectivity index (χ3v) is 4.76. The minimum atomic E-state index is -0.327. The molecular weight excluding hydrogens is 408 g/mol. The molecule has 0 fully saturated rings. The molecule has 0 saturated heterocycles. The molecule has 2 aromatic carbocycles. The molecule has 3 aromatic rings. The van der Waals surface area contributed by atoms with Gasteiger partial charge in [0.1, 0.15) is 17.2 Å². The van der Waals surface area contributed by atoms with Gasteiger partial charge in [-0.3, -0.25) is 9.78 Å². The summed E-state index contributed by atoms with van der Waals surface area (Å²) in [5.41, 5.74) is 3.62. The van der Waals surface area contributed by atoms with Crippen LogP contribution in [0.25, 0.3) is 0 Å². The number of ether oxygens (including phenoxy) is 1. The van der Waals surface area contributed by atoms with Gasteiger partial charge in [-0.25, -0.2) is 4.79 Å². The number of aliphatic hydroxyl groups is 1. The van der Waals surface area contributed by atoms with Crippen LogP contribution in [0.1, 0.15) is 27.2 Å². The van der Waals surface area contributed by atoms with Crippen LogP contribution in [0.5, 0.6) is 11.5 Å². The number of urea groups is 1. The summed E-state index contributed by atoms with van der Waals surface area (Å²) >= 11 is 0. The van der Waals surface area contributed by atoms with Crippen molar-refractivity contribution in [3.8, 4) is 11.5 Å². The van der Waals surface area contributed by atoms with Gasteiger partial charge in [0.05, 0.1) is 0 Å². The Bertz CT molecular complexity index is 1100. The number of carbonyl (C=O) groups is 2. The van der Waals surface area contributed by atoms with Gasteiger partial charge in [-0.05, 0) is 48.2 Å². The molecule has 32 heavy (non-hydrogen) atoms. The first-order valence-corrected chi connectivity index (χ1v) is 10.2. The first kappa shape index (κ1) is 22.8. The van der Waals surface area contributed by atoms with E-state index in [1.54, 1.807) is 25.2 Å². The van der Waals surface area contributed by atoms with E-state index in [1.165, 1.54) is 6.20 Å². The quantitative estimate of drug-likeness (QED) is 0.434. The van der Waals surface area contributed by atoms with Crippen LogP contribution in [0, 0.1) is 6.92 Å². The predicted octanol–water partition coefficient (Wildman–Crippen LogP) is 3.40. The lowest BCUT2D eigenvalue weighted by Crippen LogP contribution is -2.28. The summed E-state index contributed by atoms with van der Waals surface area (Å²) in [5.74, 6) is 0.865. The number of benzene rings is 2. The average molecular weight is 434 g/mol. The van der Waals surface area contributed by atoms with Crippen LogP contribution >= 0.6 is 0 Å². The number of para-hydroxylation sites is 1. The second kappa shape index (κ2) is 10.9. The van der Waals surface area contributed by atoms with Gasteiger partial charge in [0.2, 0.25) is 0 Å². The highest BCUT2D eigenvalue weighted by atomic mass is 16.5. The van der Waals surface area contributed by atoms with Crippen molar-refractivity contribution < 1.29 is 19.4 Å². The normalized spacial score (nSPS) is 10.3. The summed E-state index contributed by atoms with van der Waals surface area (Å²) in [6.07, 6.45) is 1.99. The van der Waals surface area contributed by atoms with Crippen molar-refractivity contribution in [3.05, 3.63) is 83.2 Å². The Kier molecular flexibility index (Phi) is 7.77. The highest BCUT2D eigenvalue weighted by Gasteiger charge is 2.10. The number of nitrogens with zero attached hydrogens (tertiary/aromatic N) is 1. The Morgan fingerprint density at radius 1 is 1.09 bits per heavy atom. The number of pyridine rings is 1. The van der Waals surface area contributed by atoms with Crippen LogP contribution in [0.4, 0.5) is 10.5 Å². The fourth-order valence-electron chi connectivity index (χ4n) is 3.12. The summed E-state index contributed by atoms with van der Waals surface area (Å²) in [7, 11) is 1.54. The average Bonchev–Trinajstić information content (AvgIpc) is 2.80. The monoisotopic (exact) mass is 434 g/mol. The maximum absolute atomic E-state index is 12.3. The molecule has 0 unspecified atom stereocenters. The van der Waals surface area contributed by atoms with Crippen LogP contribution in [-0.2, 0) is 13.0 Å². The standard InChI is InChI=1S/C24H26N4O4/c1-16-13-17(15-27-24(31)28-20-6-4-3-5-18(20)10-12-29)7-8-22(16)32-19-9-11-26-21(14-19)23(30)25-2/h3-9,11,13-14,29H,10,12,15H2,1-2H3,(H,25,30)(H2,27,28,31). The van der Waals surface area contributed by atoms with Crippen LogP contribution in [-0.4, -0.2) is 35.7 Å². The highest BCUT2D eigenvalue weighted by molar-refractivity contribution is 5.92. The molecule has 4 N–H and O–H groups in total. The van der Waals surface area contributed by atoms with Crippen LogP contribution in [0.3, 0.4) is 0 Å². The van der Waals surface area contributed by atoms with E-state index in [1.807, 2.05) is 43.3 Å². The number of aryl methyl sites for hydroxylation is 1. The number of rotatable bonds is 8. The zero-order valence-electron chi connectivity index (χ0n) is 18.0. The summed E-state index contributed by atoms with van der Waals surface area (Å²) < 4.78 is 5.90. The zero-order valence-corrected chi connectivity index (χ0v) is 18.0. The fourth-order valence-corrected chi connectivity index (χ4v) is 3.12. The lowest BCUT2D eigenvalue weighted by molar-refractivity contribution is 0.0958. The van der Waals surface area contributed by atoms with Gasteiger partial charge >= 0.3 is 6.03 Å². The SMILES string of the molecule is CNC(=O)c1cc(Oc2ccc(CNC(=O)Nc3ccccc3CCO)cc2C)ccn1. The van der Waals surface area contributed by atoms with E-state index in [9.17, 15) is 9.59 Å². The topological polar surface area (TPSA) is 113 Å². The molecule has 0 radical (unpaired) electrons. The smallest absolute Gasteiger partial charge is 0.319 e. The maximum atomic E-state index is 12.3. The summed E-state index contributed by atoms with van der Waals surface area (Å²) in [6.45, 7) is 2.26. The minimum absolute atomic E-state index is 0.0145. The number of anilines is 1. The molecule has 0 bridgehead atoms. The second-order valence-electron chi connectivity index (χ2n) is 7.10. The molecule has 8 nitrogen and oxygen atoms in total.